The Balaban J connectivity index is 1.45. The largest absolute Gasteiger partial charge is 0.385 e. The molecule has 2 N–H and O–H groups in total. The number of anilines is 1. The average molecular weight is 448 g/mol. The van der Waals surface area contributed by atoms with Gasteiger partial charge in [0.2, 0.25) is 11.8 Å². The number of rotatable bonds is 8. The Labute approximate surface area is 187 Å². The highest BCUT2D eigenvalue weighted by Crippen LogP contribution is 2.39. The summed E-state index contributed by atoms with van der Waals surface area (Å²) in [5.74, 6) is -0.00652. The number of carbonyl (C=O) groups is 3. The number of carbonyl (C=O) groups excluding carboxylic acids is 3. The van der Waals surface area contributed by atoms with Gasteiger partial charge in [-0.3, -0.25) is 14.4 Å². The van der Waals surface area contributed by atoms with Crippen LogP contribution in [-0.4, -0.2) is 56.0 Å². The van der Waals surface area contributed by atoms with Crippen molar-refractivity contribution >= 4 is 34.1 Å². The van der Waals surface area contributed by atoms with Gasteiger partial charge in [0.15, 0.2) is 0 Å². The van der Waals surface area contributed by atoms with Crippen molar-refractivity contribution in [3.8, 4) is 0 Å². The molecule has 7 nitrogen and oxygen atoms in total. The lowest BCUT2D eigenvalue weighted by Gasteiger charge is -2.32. The number of ether oxygens (including phenoxy) is 1. The van der Waals surface area contributed by atoms with Gasteiger partial charge in [-0.05, 0) is 63.4 Å². The minimum absolute atomic E-state index is 0.0691. The number of amides is 3. The molecule has 0 bridgehead atoms. The second-order valence-electron chi connectivity index (χ2n) is 8.90. The minimum atomic E-state index is -0.215. The molecule has 1 aliphatic heterocycles. The van der Waals surface area contributed by atoms with Crippen LogP contribution in [0.3, 0.4) is 0 Å². The molecule has 1 saturated heterocycles. The highest BCUT2D eigenvalue weighted by atomic mass is 32.1. The van der Waals surface area contributed by atoms with Crippen LogP contribution in [-0.2, 0) is 27.2 Å². The fourth-order valence-electron chi connectivity index (χ4n) is 4.59. The van der Waals surface area contributed by atoms with E-state index in [2.05, 4.69) is 10.6 Å². The third-order valence-electron chi connectivity index (χ3n) is 6.48. The molecule has 170 valence electrons. The summed E-state index contributed by atoms with van der Waals surface area (Å²) in [6.45, 7) is 2.39. The van der Waals surface area contributed by atoms with Crippen LogP contribution in [0.1, 0.15) is 65.7 Å². The zero-order chi connectivity index (χ0) is 21.8. The Morgan fingerprint density at radius 3 is 2.68 bits per heavy atom. The average Bonchev–Trinajstić information content (AvgIpc) is 3.57. The van der Waals surface area contributed by atoms with Crippen molar-refractivity contribution in [3.05, 3.63) is 16.0 Å². The van der Waals surface area contributed by atoms with E-state index >= 15 is 0 Å². The Morgan fingerprint density at radius 1 is 1.10 bits per heavy atom. The number of hydrogen-bond acceptors (Lipinski definition) is 5. The summed E-state index contributed by atoms with van der Waals surface area (Å²) in [6.07, 6.45) is 8.39. The quantitative estimate of drug-likeness (QED) is 0.600. The standard InChI is InChI=1S/C23H33N3O4S/c1-30-13-5-11-24-21(28)19-17-7-2-3-8-18(17)31-22(19)25-20(27)16-6-4-12-26(14-16)23(29)15-9-10-15/h15-16H,2-14H2,1H3,(H,24,28)(H,25,27). The van der Waals surface area contributed by atoms with Crippen molar-refractivity contribution < 1.29 is 19.1 Å². The molecule has 1 atom stereocenters. The van der Waals surface area contributed by atoms with Crippen molar-refractivity contribution in [1.29, 1.82) is 0 Å². The molecule has 1 aromatic heterocycles. The van der Waals surface area contributed by atoms with Gasteiger partial charge in [-0.1, -0.05) is 0 Å². The van der Waals surface area contributed by atoms with Crippen molar-refractivity contribution in [2.75, 3.05) is 38.7 Å². The van der Waals surface area contributed by atoms with Crippen LogP contribution in [0.5, 0.6) is 0 Å². The van der Waals surface area contributed by atoms with Crippen LogP contribution in [0.15, 0.2) is 0 Å². The Hall–Kier alpha value is -1.93. The summed E-state index contributed by atoms with van der Waals surface area (Å²) in [4.78, 5) is 41.6. The van der Waals surface area contributed by atoms with Crippen LogP contribution < -0.4 is 10.6 Å². The number of thiophene rings is 1. The second kappa shape index (κ2) is 10.1. The number of piperidine rings is 1. The van der Waals surface area contributed by atoms with Gasteiger partial charge >= 0.3 is 0 Å². The normalized spacial score (nSPS) is 20.8. The molecular weight excluding hydrogens is 414 g/mol. The zero-order valence-electron chi connectivity index (χ0n) is 18.3. The lowest BCUT2D eigenvalue weighted by molar-refractivity contribution is -0.135. The van der Waals surface area contributed by atoms with Crippen LogP contribution in [0, 0.1) is 11.8 Å². The molecule has 0 radical (unpaired) electrons. The fourth-order valence-corrected chi connectivity index (χ4v) is 5.88. The van der Waals surface area contributed by atoms with Crippen molar-refractivity contribution in [2.45, 2.75) is 57.8 Å². The number of hydrogen-bond donors (Lipinski definition) is 2. The van der Waals surface area contributed by atoms with Gasteiger partial charge in [-0.25, -0.2) is 0 Å². The van der Waals surface area contributed by atoms with Gasteiger partial charge in [0, 0.05) is 44.1 Å². The maximum absolute atomic E-state index is 13.1. The summed E-state index contributed by atoms with van der Waals surface area (Å²) in [5.41, 5.74) is 1.75. The Morgan fingerprint density at radius 2 is 1.90 bits per heavy atom. The van der Waals surface area contributed by atoms with E-state index in [-0.39, 0.29) is 29.6 Å². The fraction of sp³-hybridized carbons (Fsp3) is 0.696. The molecule has 1 saturated carbocycles. The van der Waals surface area contributed by atoms with E-state index < -0.39 is 0 Å². The highest BCUT2D eigenvalue weighted by molar-refractivity contribution is 7.17. The first-order valence-corrected chi connectivity index (χ1v) is 12.4. The molecule has 1 aromatic rings. The molecule has 2 aliphatic carbocycles. The van der Waals surface area contributed by atoms with Crippen LogP contribution in [0.25, 0.3) is 0 Å². The first-order chi connectivity index (χ1) is 15.1. The van der Waals surface area contributed by atoms with Gasteiger partial charge in [-0.2, -0.15) is 0 Å². The first kappa shape index (κ1) is 22.3. The predicted molar refractivity (Wildman–Crippen MR) is 120 cm³/mol. The van der Waals surface area contributed by atoms with E-state index in [1.165, 1.54) is 4.88 Å². The number of aryl methyl sites for hydroxylation is 1. The molecule has 2 fully saturated rings. The number of likely N-dealkylation sites (tertiary alicyclic amines) is 1. The molecule has 2 heterocycles. The van der Waals surface area contributed by atoms with E-state index in [9.17, 15) is 14.4 Å². The van der Waals surface area contributed by atoms with Crippen molar-refractivity contribution in [2.24, 2.45) is 11.8 Å². The van der Waals surface area contributed by atoms with E-state index in [0.717, 1.165) is 69.9 Å². The van der Waals surface area contributed by atoms with Gasteiger partial charge in [-0.15, -0.1) is 11.3 Å². The third kappa shape index (κ3) is 5.29. The minimum Gasteiger partial charge on any atom is -0.385 e. The van der Waals surface area contributed by atoms with Crippen LogP contribution in [0.4, 0.5) is 5.00 Å². The number of nitrogens with zero attached hydrogens (tertiary/aromatic N) is 1. The third-order valence-corrected chi connectivity index (χ3v) is 7.68. The number of methoxy groups -OCH3 is 1. The maximum atomic E-state index is 13.1. The SMILES string of the molecule is COCCCNC(=O)c1c(NC(=O)C2CCCN(C(=O)C3CC3)C2)sc2c1CCCC2. The van der Waals surface area contributed by atoms with Gasteiger partial charge in [0.25, 0.3) is 5.91 Å². The lowest BCUT2D eigenvalue weighted by Crippen LogP contribution is -2.44. The van der Waals surface area contributed by atoms with E-state index in [4.69, 9.17) is 4.74 Å². The van der Waals surface area contributed by atoms with Crippen molar-refractivity contribution in [1.82, 2.24) is 10.2 Å². The van der Waals surface area contributed by atoms with E-state index in [0.29, 0.717) is 30.3 Å². The van der Waals surface area contributed by atoms with Gasteiger partial charge in [0.1, 0.15) is 5.00 Å². The summed E-state index contributed by atoms with van der Waals surface area (Å²) in [6, 6.07) is 0. The van der Waals surface area contributed by atoms with Gasteiger partial charge < -0.3 is 20.3 Å². The topological polar surface area (TPSA) is 87.7 Å². The summed E-state index contributed by atoms with van der Waals surface area (Å²) in [5, 5.41) is 6.74. The Bertz CT molecular complexity index is 833. The molecule has 0 spiro atoms. The molecule has 3 amide bonds. The molecule has 3 aliphatic rings. The number of fused-ring (bicyclic) bond motifs is 1. The monoisotopic (exact) mass is 447 g/mol. The summed E-state index contributed by atoms with van der Waals surface area (Å²) < 4.78 is 5.06. The maximum Gasteiger partial charge on any atom is 0.254 e. The highest BCUT2D eigenvalue weighted by Gasteiger charge is 2.37. The van der Waals surface area contributed by atoms with E-state index in [1.54, 1.807) is 18.4 Å². The lowest BCUT2D eigenvalue weighted by atomic mass is 9.94. The number of nitrogens with one attached hydrogen (secondary N) is 2. The molecular formula is C23H33N3O4S. The smallest absolute Gasteiger partial charge is 0.254 e. The van der Waals surface area contributed by atoms with Crippen LogP contribution in [0.2, 0.25) is 0 Å². The van der Waals surface area contributed by atoms with Crippen LogP contribution >= 0.6 is 11.3 Å². The molecule has 4 rings (SSSR count). The van der Waals surface area contributed by atoms with Gasteiger partial charge in [0.05, 0.1) is 11.5 Å². The Kier molecular flexibility index (Phi) is 7.27. The summed E-state index contributed by atoms with van der Waals surface area (Å²) >= 11 is 1.55. The van der Waals surface area contributed by atoms with E-state index in [1.807, 2.05) is 4.90 Å². The second-order valence-corrected chi connectivity index (χ2v) is 10.0. The summed E-state index contributed by atoms with van der Waals surface area (Å²) in [7, 11) is 1.65. The molecule has 1 unspecified atom stereocenters. The molecule has 31 heavy (non-hydrogen) atoms. The first-order valence-electron chi connectivity index (χ1n) is 11.6. The predicted octanol–water partition coefficient (Wildman–Crippen LogP) is 2.98. The molecule has 0 aromatic carbocycles. The molecule has 8 heteroatoms. The van der Waals surface area contributed by atoms with Crippen molar-refractivity contribution in [3.63, 3.8) is 0 Å². The zero-order valence-corrected chi connectivity index (χ0v) is 19.2.